The molecule has 0 radical (unpaired) electrons. The Labute approximate surface area is 79.8 Å². The van der Waals surface area contributed by atoms with Crippen molar-refractivity contribution in [3.63, 3.8) is 0 Å². The second-order valence-corrected chi connectivity index (χ2v) is 2.82. The molecule has 2 nitrogen and oxygen atoms in total. The number of alkyl halides is 5. The topological polar surface area (TPSA) is 28.7 Å². The van der Waals surface area contributed by atoms with E-state index in [-0.39, 0.29) is 4.64 Å². The SMILES string of the molecule is FC(F)(F)C(F)(F)c1ccc(=S)[nH]n1. The summed E-state index contributed by atoms with van der Waals surface area (Å²) >= 11 is 4.44. The van der Waals surface area contributed by atoms with E-state index in [0.29, 0.717) is 6.07 Å². The van der Waals surface area contributed by atoms with Crippen LogP contribution in [0.5, 0.6) is 0 Å². The van der Waals surface area contributed by atoms with Gasteiger partial charge in [-0.2, -0.15) is 27.1 Å². The van der Waals surface area contributed by atoms with Crippen LogP contribution >= 0.6 is 12.2 Å². The van der Waals surface area contributed by atoms with E-state index in [1.54, 1.807) is 0 Å². The van der Waals surface area contributed by atoms with Crippen LogP contribution in [-0.2, 0) is 5.92 Å². The lowest BCUT2D eigenvalue weighted by Gasteiger charge is -2.17. The molecule has 78 valence electrons. The summed E-state index contributed by atoms with van der Waals surface area (Å²) in [6.45, 7) is 0. The van der Waals surface area contributed by atoms with E-state index in [9.17, 15) is 22.0 Å². The number of H-pyrrole nitrogens is 1. The number of halogens is 5. The third kappa shape index (κ3) is 1.89. The van der Waals surface area contributed by atoms with Gasteiger partial charge in [0.25, 0.3) is 0 Å². The number of nitrogens with one attached hydrogen (secondary N) is 1. The average Bonchev–Trinajstić information content (AvgIpc) is 2.03. The smallest absolute Gasteiger partial charge is 0.267 e. The Morgan fingerprint density at radius 3 is 2.07 bits per heavy atom. The number of rotatable bonds is 1. The standard InChI is InChI=1S/C6H3F5N2S/c7-5(8,6(9,10)11)3-1-2-4(14)13-12-3/h1-2H,(H,13,14). The summed E-state index contributed by atoms with van der Waals surface area (Å²) in [6, 6.07) is 1.45. The highest BCUT2D eigenvalue weighted by atomic mass is 32.1. The zero-order valence-electron chi connectivity index (χ0n) is 6.40. The summed E-state index contributed by atoms with van der Waals surface area (Å²) in [7, 11) is 0. The molecule has 8 heteroatoms. The Kier molecular flexibility index (Phi) is 2.57. The Bertz CT molecular complexity index is 362. The van der Waals surface area contributed by atoms with Crippen molar-refractivity contribution >= 4 is 12.2 Å². The lowest BCUT2D eigenvalue weighted by atomic mass is 10.2. The predicted octanol–water partition coefficient (Wildman–Crippen LogP) is 2.79. The van der Waals surface area contributed by atoms with Crippen LogP contribution in [0.3, 0.4) is 0 Å². The van der Waals surface area contributed by atoms with E-state index in [4.69, 9.17) is 0 Å². The molecule has 14 heavy (non-hydrogen) atoms. The molecule has 1 aromatic rings. The monoisotopic (exact) mass is 230 g/mol. The molecule has 1 rings (SSSR count). The van der Waals surface area contributed by atoms with Gasteiger partial charge >= 0.3 is 12.1 Å². The van der Waals surface area contributed by atoms with Gasteiger partial charge in [-0.05, 0) is 12.1 Å². The van der Waals surface area contributed by atoms with Gasteiger partial charge in [0, 0.05) is 0 Å². The van der Waals surface area contributed by atoms with Crippen LogP contribution in [-0.4, -0.2) is 16.4 Å². The van der Waals surface area contributed by atoms with E-state index in [2.05, 4.69) is 17.3 Å². The predicted molar refractivity (Wildman–Crippen MR) is 39.4 cm³/mol. The molecule has 1 N–H and O–H groups in total. The van der Waals surface area contributed by atoms with Gasteiger partial charge in [-0.1, -0.05) is 12.2 Å². The Balaban J connectivity index is 3.17. The van der Waals surface area contributed by atoms with Gasteiger partial charge < -0.3 is 0 Å². The van der Waals surface area contributed by atoms with Crippen molar-refractivity contribution in [2.75, 3.05) is 0 Å². The van der Waals surface area contributed by atoms with Crippen molar-refractivity contribution in [3.05, 3.63) is 22.5 Å². The van der Waals surface area contributed by atoms with Crippen LogP contribution in [0.25, 0.3) is 0 Å². The third-order valence-corrected chi connectivity index (χ3v) is 1.58. The van der Waals surface area contributed by atoms with Gasteiger partial charge in [0.1, 0.15) is 10.3 Å². The zero-order chi connectivity index (χ0) is 11.0. The second kappa shape index (κ2) is 3.26. The highest BCUT2D eigenvalue weighted by Gasteiger charge is 2.60. The lowest BCUT2D eigenvalue weighted by molar-refractivity contribution is -0.291. The van der Waals surface area contributed by atoms with Crippen molar-refractivity contribution in [1.82, 2.24) is 10.2 Å². The Morgan fingerprint density at radius 1 is 1.14 bits per heavy atom. The molecular weight excluding hydrogens is 227 g/mol. The molecule has 0 saturated carbocycles. The molecule has 0 atom stereocenters. The van der Waals surface area contributed by atoms with Gasteiger partial charge in [0.15, 0.2) is 0 Å². The third-order valence-electron chi connectivity index (χ3n) is 1.36. The first-order valence-corrected chi connectivity index (χ1v) is 3.67. The van der Waals surface area contributed by atoms with Crippen LogP contribution in [0.15, 0.2) is 12.1 Å². The number of hydrogen-bond acceptors (Lipinski definition) is 2. The van der Waals surface area contributed by atoms with E-state index in [1.165, 1.54) is 0 Å². The minimum Gasteiger partial charge on any atom is -0.267 e. The van der Waals surface area contributed by atoms with Gasteiger partial charge in [0.05, 0.1) is 0 Å². The zero-order valence-corrected chi connectivity index (χ0v) is 7.22. The highest BCUT2D eigenvalue weighted by molar-refractivity contribution is 7.71. The van der Waals surface area contributed by atoms with Gasteiger partial charge in [-0.25, -0.2) is 0 Å². The summed E-state index contributed by atoms with van der Waals surface area (Å²) < 4.78 is 60.5. The number of aromatic nitrogens is 2. The van der Waals surface area contributed by atoms with Crippen molar-refractivity contribution in [2.45, 2.75) is 12.1 Å². The Morgan fingerprint density at radius 2 is 1.71 bits per heavy atom. The Hall–Kier alpha value is -1.05. The van der Waals surface area contributed by atoms with E-state index in [1.807, 2.05) is 5.10 Å². The maximum atomic E-state index is 12.6. The second-order valence-electron chi connectivity index (χ2n) is 2.38. The lowest BCUT2D eigenvalue weighted by Crippen LogP contribution is -2.34. The van der Waals surface area contributed by atoms with Gasteiger partial charge in [-0.15, -0.1) is 0 Å². The summed E-state index contributed by atoms with van der Waals surface area (Å²) in [4.78, 5) is 0. The van der Waals surface area contributed by atoms with Gasteiger partial charge in [0.2, 0.25) is 0 Å². The number of hydrogen-bond donors (Lipinski definition) is 1. The maximum Gasteiger partial charge on any atom is 0.459 e. The average molecular weight is 230 g/mol. The molecule has 0 aliphatic heterocycles. The molecule has 0 spiro atoms. The molecule has 0 saturated heterocycles. The van der Waals surface area contributed by atoms with Crippen LogP contribution in [0.1, 0.15) is 5.69 Å². The normalized spacial score (nSPS) is 12.9. The molecule has 0 aromatic carbocycles. The minimum atomic E-state index is -5.66. The summed E-state index contributed by atoms with van der Waals surface area (Å²) in [5.41, 5.74) is -1.40. The first-order valence-electron chi connectivity index (χ1n) is 3.26. The first-order chi connectivity index (χ1) is 6.25. The van der Waals surface area contributed by atoms with Crippen LogP contribution in [0, 0.1) is 4.64 Å². The molecule has 0 bridgehead atoms. The molecule has 0 amide bonds. The van der Waals surface area contributed by atoms with Crippen LogP contribution < -0.4 is 0 Å². The van der Waals surface area contributed by atoms with E-state index in [0.717, 1.165) is 6.07 Å². The minimum absolute atomic E-state index is 0.0216. The molecule has 0 fully saturated rings. The van der Waals surface area contributed by atoms with Crippen molar-refractivity contribution in [3.8, 4) is 0 Å². The summed E-state index contributed by atoms with van der Waals surface area (Å²) in [5.74, 6) is -4.97. The van der Waals surface area contributed by atoms with Crippen molar-refractivity contribution in [1.29, 1.82) is 0 Å². The van der Waals surface area contributed by atoms with Crippen molar-refractivity contribution in [2.24, 2.45) is 0 Å². The van der Waals surface area contributed by atoms with Crippen molar-refractivity contribution < 1.29 is 22.0 Å². The fraction of sp³-hybridized carbons (Fsp3) is 0.333. The van der Waals surface area contributed by atoms with E-state index >= 15 is 0 Å². The molecule has 1 heterocycles. The maximum absolute atomic E-state index is 12.6. The highest BCUT2D eigenvalue weighted by Crippen LogP contribution is 2.42. The quantitative estimate of drug-likeness (QED) is 0.593. The number of nitrogens with zero attached hydrogens (tertiary/aromatic N) is 1. The fourth-order valence-electron chi connectivity index (χ4n) is 0.665. The summed E-state index contributed by atoms with van der Waals surface area (Å²) in [5, 5.41) is 4.68. The molecular formula is C6H3F5N2S. The van der Waals surface area contributed by atoms with Gasteiger partial charge in [-0.3, -0.25) is 5.10 Å². The molecule has 0 aliphatic rings. The molecule has 0 unspecified atom stereocenters. The summed E-state index contributed by atoms with van der Waals surface area (Å²) in [6.07, 6.45) is -5.66. The fourth-order valence-corrected chi connectivity index (χ4v) is 0.778. The van der Waals surface area contributed by atoms with Crippen LogP contribution in [0.2, 0.25) is 0 Å². The van der Waals surface area contributed by atoms with Crippen LogP contribution in [0.4, 0.5) is 22.0 Å². The first kappa shape index (κ1) is 11.0. The number of aromatic amines is 1. The van der Waals surface area contributed by atoms with E-state index < -0.39 is 17.8 Å². The molecule has 1 aromatic heterocycles. The molecule has 0 aliphatic carbocycles. The largest absolute Gasteiger partial charge is 0.459 e.